The number of aliphatic hydroxyl groups excluding tert-OH is 1. The summed E-state index contributed by atoms with van der Waals surface area (Å²) in [5.74, 6) is -0.423. The van der Waals surface area contributed by atoms with E-state index in [0.717, 1.165) is 44.9 Å². The number of urea groups is 1. The van der Waals surface area contributed by atoms with Gasteiger partial charge in [-0.3, -0.25) is 14.4 Å². The number of benzene rings is 2. The van der Waals surface area contributed by atoms with Crippen molar-refractivity contribution in [1.29, 1.82) is 0 Å². The summed E-state index contributed by atoms with van der Waals surface area (Å²) in [5.41, 5.74) is 7.76. The molecule has 1 aliphatic heterocycles. The summed E-state index contributed by atoms with van der Waals surface area (Å²) >= 11 is 0. The number of para-hydroxylation sites is 2. The summed E-state index contributed by atoms with van der Waals surface area (Å²) in [4.78, 5) is 56.3. The Bertz CT molecular complexity index is 1550. The summed E-state index contributed by atoms with van der Waals surface area (Å²) in [6, 6.07) is 11.8. The molecular formula is C42H64N6O7. The average Bonchev–Trinajstić information content (AvgIpc) is 3.17. The van der Waals surface area contributed by atoms with Crippen LogP contribution in [0.3, 0.4) is 0 Å². The molecule has 5 amide bonds. The number of nitrogens with one attached hydrogen (secondary N) is 3. The fourth-order valence-corrected chi connectivity index (χ4v) is 7.14. The van der Waals surface area contributed by atoms with Crippen LogP contribution in [0.25, 0.3) is 0 Å². The maximum atomic E-state index is 14.5. The van der Waals surface area contributed by atoms with Crippen LogP contribution in [0.15, 0.2) is 42.5 Å². The molecule has 2 aliphatic rings. The predicted molar refractivity (Wildman–Crippen MR) is 216 cm³/mol. The smallest absolute Gasteiger partial charge is 0.317 e. The van der Waals surface area contributed by atoms with Crippen molar-refractivity contribution in [2.45, 2.75) is 129 Å². The zero-order chi connectivity index (χ0) is 39.7. The fourth-order valence-electron chi connectivity index (χ4n) is 7.14. The summed E-state index contributed by atoms with van der Waals surface area (Å²) < 4.78 is 12.8. The Labute approximate surface area is 327 Å². The predicted octanol–water partition coefficient (Wildman–Crippen LogP) is 6.57. The molecule has 0 unspecified atom stereocenters. The maximum Gasteiger partial charge on any atom is 0.317 e. The summed E-state index contributed by atoms with van der Waals surface area (Å²) in [7, 11) is 1.78. The number of unbranched alkanes of at least 4 members (excludes halogenated alkanes) is 2. The first-order chi connectivity index (χ1) is 26.4. The number of nitrogens with zero attached hydrogens (tertiary/aromatic N) is 2. The minimum atomic E-state index is -0.522. The number of nitrogens with two attached hydrogens (primary N) is 1. The third-order valence-electron chi connectivity index (χ3n) is 10.6. The number of likely N-dealkylation sites (N-methyl/N-ethyl adjacent to an activating group) is 1. The average molecular weight is 765 g/mol. The van der Waals surface area contributed by atoms with E-state index in [1.165, 1.54) is 6.42 Å². The van der Waals surface area contributed by atoms with E-state index < -0.39 is 6.04 Å². The van der Waals surface area contributed by atoms with E-state index in [9.17, 15) is 24.3 Å². The lowest BCUT2D eigenvalue weighted by molar-refractivity contribution is -0.116. The van der Waals surface area contributed by atoms with Crippen molar-refractivity contribution in [2.24, 2.45) is 5.92 Å². The molecule has 1 heterocycles. The van der Waals surface area contributed by atoms with Gasteiger partial charge in [-0.25, -0.2) is 4.79 Å². The van der Waals surface area contributed by atoms with Crippen LogP contribution in [0.1, 0.15) is 115 Å². The van der Waals surface area contributed by atoms with Crippen molar-refractivity contribution < 1.29 is 33.8 Å². The van der Waals surface area contributed by atoms with Crippen molar-refractivity contribution in [3.05, 3.63) is 48.0 Å². The number of carbonyl (C=O) groups is 4. The van der Waals surface area contributed by atoms with Gasteiger partial charge in [0.1, 0.15) is 5.75 Å². The molecular weight excluding hydrogens is 700 g/mol. The van der Waals surface area contributed by atoms with E-state index in [-0.39, 0.29) is 67.5 Å². The third kappa shape index (κ3) is 14.0. The topological polar surface area (TPSA) is 176 Å². The van der Waals surface area contributed by atoms with Gasteiger partial charge in [-0.15, -0.1) is 0 Å². The van der Waals surface area contributed by atoms with Gasteiger partial charge in [0.05, 0.1) is 41.8 Å². The molecule has 1 fully saturated rings. The van der Waals surface area contributed by atoms with E-state index in [2.05, 4.69) is 16.0 Å². The second kappa shape index (κ2) is 22.3. The van der Waals surface area contributed by atoms with Gasteiger partial charge in [0.25, 0.3) is 5.91 Å². The molecule has 1 saturated carbocycles. The van der Waals surface area contributed by atoms with Crippen molar-refractivity contribution in [3.63, 3.8) is 0 Å². The highest BCUT2D eigenvalue weighted by Gasteiger charge is 2.31. The Morgan fingerprint density at radius 1 is 0.945 bits per heavy atom. The molecule has 0 spiro atoms. The van der Waals surface area contributed by atoms with Crippen LogP contribution >= 0.6 is 0 Å². The van der Waals surface area contributed by atoms with Crippen LogP contribution in [-0.2, 0) is 14.3 Å². The van der Waals surface area contributed by atoms with Gasteiger partial charge >= 0.3 is 6.03 Å². The zero-order valence-electron chi connectivity index (χ0n) is 33.3. The Morgan fingerprint density at radius 2 is 1.64 bits per heavy atom. The van der Waals surface area contributed by atoms with Gasteiger partial charge in [-0.1, -0.05) is 44.7 Å². The molecule has 55 heavy (non-hydrogen) atoms. The highest BCUT2D eigenvalue weighted by molar-refractivity contribution is 6.00. The molecule has 2 aromatic rings. The molecule has 4 atom stereocenters. The van der Waals surface area contributed by atoms with Crippen molar-refractivity contribution >= 4 is 40.8 Å². The second-order valence-electron chi connectivity index (χ2n) is 15.4. The number of ether oxygens (including phenoxy) is 2. The molecule has 0 aromatic heterocycles. The highest BCUT2D eigenvalue weighted by Crippen LogP contribution is 2.29. The first-order valence-corrected chi connectivity index (χ1v) is 20.2. The second-order valence-corrected chi connectivity index (χ2v) is 15.4. The van der Waals surface area contributed by atoms with Gasteiger partial charge in [-0.05, 0) is 89.1 Å². The lowest BCUT2D eigenvalue weighted by atomic mass is 9.96. The molecule has 4 rings (SSSR count). The standard InChI is InChI=1S/C42H64N6O7/c1-29-26-48(30(2)28-49)41(52)34-25-33(44-39(50)20-9-6-10-21-40(51)46-36-19-12-11-18-35(36)43)22-23-37(34)55-31(3)15-13-14-24-54-38(29)27-47(4)42(53)45-32-16-7-5-8-17-32/h11-12,18-19,22-23,25,29-32,38,49H,5-10,13-17,20-21,24,26-28,43H2,1-4H3,(H,44,50)(H,45,53)(H,46,51)/t29-,30+,31+,38+/m0/s1. The summed E-state index contributed by atoms with van der Waals surface area (Å²) in [5, 5.41) is 19.2. The molecule has 304 valence electrons. The van der Waals surface area contributed by atoms with Gasteiger partial charge in [0.15, 0.2) is 0 Å². The summed E-state index contributed by atoms with van der Waals surface area (Å²) in [6.07, 6.45) is 9.83. The zero-order valence-corrected chi connectivity index (χ0v) is 33.3. The Morgan fingerprint density at radius 3 is 2.35 bits per heavy atom. The summed E-state index contributed by atoms with van der Waals surface area (Å²) in [6.45, 7) is 6.67. The van der Waals surface area contributed by atoms with Gasteiger partial charge in [0.2, 0.25) is 11.8 Å². The van der Waals surface area contributed by atoms with Gasteiger partial charge in [-0.2, -0.15) is 0 Å². The number of nitrogen functional groups attached to an aromatic ring is 1. The number of hydrogen-bond acceptors (Lipinski definition) is 8. The van der Waals surface area contributed by atoms with Crippen LogP contribution in [-0.4, -0.2) is 96.3 Å². The van der Waals surface area contributed by atoms with Crippen LogP contribution < -0.4 is 26.4 Å². The SMILES string of the molecule is C[C@@H]1CCCCO[C@H](CN(C)C(=O)NC2CCCCC2)[C@@H](C)CN([C@H](C)CO)C(=O)c2cc(NC(=O)CCCCCC(=O)Nc3ccccc3N)ccc2O1. The number of aliphatic hydroxyl groups is 1. The Balaban J connectivity index is 1.41. The normalized spacial score (nSPS) is 20.6. The van der Waals surface area contributed by atoms with Crippen molar-refractivity contribution in [1.82, 2.24) is 15.1 Å². The van der Waals surface area contributed by atoms with E-state index >= 15 is 0 Å². The van der Waals surface area contributed by atoms with Gasteiger partial charge < -0.3 is 46.1 Å². The number of fused-ring (bicyclic) bond motifs is 1. The minimum Gasteiger partial charge on any atom is -0.490 e. The number of anilines is 3. The van der Waals surface area contributed by atoms with Crippen LogP contribution in [0.2, 0.25) is 0 Å². The lowest BCUT2D eigenvalue weighted by Gasteiger charge is -2.36. The van der Waals surface area contributed by atoms with Crippen LogP contribution in [0.4, 0.5) is 21.9 Å². The highest BCUT2D eigenvalue weighted by atomic mass is 16.5. The van der Waals surface area contributed by atoms with Crippen molar-refractivity contribution in [2.75, 3.05) is 49.7 Å². The number of amides is 5. The van der Waals surface area contributed by atoms with Crippen LogP contribution in [0.5, 0.6) is 5.75 Å². The van der Waals surface area contributed by atoms with E-state index in [1.54, 1.807) is 54.1 Å². The monoisotopic (exact) mass is 764 g/mol. The largest absolute Gasteiger partial charge is 0.490 e. The minimum absolute atomic E-state index is 0.120. The molecule has 13 heteroatoms. The Kier molecular flexibility index (Phi) is 17.6. The molecule has 6 N–H and O–H groups in total. The van der Waals surface area contributed by atoms with Crippen LogP contribution in [0, 0.1) is 5.92 Å². The molecule has 0 bridgehead atoms. The molecule has 0 radical (unpaired) electrons. The van der Waals surface area contributed by atoms with E-state index in [4.69, 9.17) is 15.2 Å². The number of rotatable bonds is 13. The maximum absolute atomic E-state index is 14.5. The Hall–Kier alpha value is -4.36. The molecule has 0 saturated heterocycles. The number of carbonyl (C=O) groups excluding carboxylic acids is 4. The quantitative estimate of drug-likeness (QED) is 0.113. The first-order valence-electron chi connectivity index (χ1n) is 20.2. The molecule has 13 nitrogen and oxygen atoms in total. The van der Waals surface area contributed by atoms with Crippen molar-refractivity contribution in [3.8, 4) is 5.75 Å². The number of hydrogen-bond donors (Lipinski definition) is 5. The van der Waals surface area contributed by atoms with E-state index in [0.29, 0.717) is 67.2 Å². The lowest BCUT2D eigenvalue weighted by Crippen LogP contribution is -2.50. The fraction of sp³-hybridized carbons (Fsp3) is 0.619. The van der Waals surface area contributed by atoms with E-state index in [1.807, 2.05) is 26.0 Å². The van der Waals surface area contributed by atoms with Gasteiger partial charge in [0, 0.05) is 57.2 Å². The molecule has 2 aromatic carbocycles. The third-order valence-corrected chi connectivity index (χ3v) is 10.6. The first kappa shape index (κ1) is 43.4. The molecule has 1 aliphatic carbocycles.